The van der Waals surface area contributed by atoms with Crippen molar-refractivity contribution < 1.29 is 5.11 Å². The largest absolute Gasteiger partial charge is 0.389 e. The molecule has 0 fully saturated rings. The molecule has 1 unspecified atom stereocenters. The van der Waals surface area contributed by atoms with Crippen LogP contribution in [0, 0.1) is 0 Å². The molecule has 1 atom stereocenters. The Balaban J connectivity index is 2.48. The molecule has 1 aromatic carbocycles. The summed E-state index contributed by atoms with van der Waals surface area (Å²) in [5, 5.41) is 10.7. The lowest BCUT2D eigenvalue weighted by Gasteiger charge is -1.91. The normalized spacial score (nSPS) is 11.5. The first kappa shape index (κ1) is 10.1. The van der Waals surface area contributed by atoms with Crippen LogP contribution in [0.1, 0.15) is 6.92 Å². The van der Waals surface area contributed by atoms with Crippen molar-refractivity contribution >= 4 is 11.8 Å². The van der Waals surface area contributed by atoms with Gasteiger partial charge in [-0.3, -0.25) is 0 Å². The first-order valence-electron chi connectivity index (χ1n) is 4.10. The molecule has 0 bridgehead atoms. The molecule has 0 aliphatic rings. The Morgan fingerprint density at radius 1 is 1.38 bits per heavy atom. The van der Waals surface area contributed by atoms with Crippen molar-refractivity contribution in [3.63, 3.8) is 0 Å². The topological polar surface area (TPSA) is 20.2 Å². The zero-order chi connectivity index (χ0) is 9.52. The van der Waals surface area contributed by atoms with Crippen molar-refractivity contribution in [2.45, 2.75) is 17.9 Å². The van der Waals surface area contributed by atoms with E-state index in [1.807, 2.05) is 35.7 Å². The van der Waals surface area contributed by atoms with E-state index in [0.717, 1.165) is 0 Å². The van der Waals surface area contributed by atoms with E-state index in [2.05, 4.69) is 5.73 Å². The molecular formula is C11H12OS. The van der Waals surface area contributed by atoms with Crippen molar-refractivity contribution in [1.29, 1.82) is 0 Å². The SMILES string of the molecule is CC(O)C=C=CSc1ccccc1. The lowest BCUT2D eigenvalue weighted by molar-refractivity contribution is 0.244. The Labute approximate surface area is 82.8 Å². The fourth-order valence-corrected chi connectivity index (χ4v) is 1.38. The van der Waals surface area contributed by atoms with E-state index in [4.69, 9.17) is 5.11 Å². The summed E-state index contributed by atoms with van der Waals surface area (Å²) in [7, 11) is 0. The van der Waals surface area contributed by atoms with Crippen LogP contribution < -0.4 is 0 Å². The van der Waals surface area contributed by atoms with E-state index in [1.54, 1.807) is 24.8 Å². The molecule has 0 heterocycles. The predicted molar refractivity (Wildman–Crippen MR) is 56.6 cm³/mol. The quantitative estimate of drug-likeness (QED) is 0.587. The molecule has 13 heavy (non-hydrogen) atoms. The van der Waals surface area contributed by atoms with Gasteiger partial charge in [-0.2, -0.15) is 0 Å². The van der Waals surface area contributed by atoms with Crippen LogP contribution in [-0.2, 0) is 0 Å². The summed E-state index contributed by atoms with van der Waals surface area (Å²) in [5.74, 6) is 0. The van der Waals surface area contributed by atoms with Gasteiger partial charge < -0.3 is 5.11 Å². The summed E-state index contributed by atoms with van der Waals surface area (Å²) in [4.78, 5) is 1.17. The first-order valence-corrected chi connectivity index (χ1v) is 4.98. The maximum Gasteiger partial charge on any atom is 0.0766 e. The number of aliphatic hydroxyl groups excluding tert-OH is 1. The van der Waals surface area contributed by atoms with Gasteiger partial charge in [0.2, 0.25) is 0 Å². The van der Waals surface area contributed by atoms with Gasteiger partial charge in [0, 0.05) is 10.3 Å². The Bertz CT molecular complexity index is 297. The minimum absolute atomic E-state index is 0.423. The summed E-state index contributed by atoms with van der Waals surface area (Å²) < 4.78 is 0. The van der Waals surface area contributed by atoms with Crippen LogP contribution in [0.2, 0.25) is 0 Å². The monoisotopic (exact) mass is 192 g/mol. The zero-order valence-electron chi connectivity index (χ0n) is 7.47. The Morgan fingerprint density at radius 2 is 2.08 bits per heavy atom. The molecule has 0 saturated carbocycles. The third kappa shape index (κ3) is 4.58. The summed E-state index contributed by atoms with van der Waals surface area (Å²) in [5.41, 5.74) is 2.90. The predicted octanol–water partition coefficient (Wildman–Crippen LogP) is 2.83. The minimum atomic E-state index is -0.423. The Morgan fingerprint density at radius 3 is 2.69 bits per heavy atom. The van der Waals surface area contributed by atoms with Gasteiger partial charge in [0.25, 0.3) is 0 Å². The number of aliphatic hydroxyl groups is 1. The molecule has 2 heteroatoms. The molecule has 0 aliphatic heterocycles. The first-order chi connectivity index (χ1) is 6.29. The molecule has 1 rings (SSSR count). The molecule has 68 valence electrons. The molecule has 0 amide bonds. The number of hydrogen-bond donors (Lipinski definition) is 1. The van der Waals surface area contributed by atoms with Crippen LogP contribution in [0.25, 0.3) is 0 Å². The molecule has 0 radical (unpaired) electrons. The van der Waals surface area contributed by atoms with E-state index in [0.29, 0.717) is 0 Å². The van der Waals surface area contributed by atoms with Crippen molar-refractivity contribution in [3.8, 4) is 0 Å². The molecule has 1 N–H and O–H groups in total. The molecule has 0 spiro atoms. The van der Waals surface area contributed by atoms with Gasteiger partial charge in [0.1, 0.15) is 0 Å². The smallest absolute Gasteiger partial charge is 0.0766 e. The van der Waals surface area contributed by atoms with E-state index in [9.17, 15) is 0 Å². The fraction of sp³-hybridized carbons (Fsp3) is 0.182. The fourth-order valence-electron chi connectivity index (χ4n) is 0.780. The highest BCUT2D eigenvalue weighted by molar-refractivity contribution is 8.02. The molecular weight excluding hydrogens is 180 g/mol. The lowest BCUT2D eigenvalue weighted by atomic mass is 10.4. The van der Waals surface area contributed by atoms with Crippen LogP contribution in [0.3, 0.4) is 0 Å². The van der Waals surface area contributed by atoms with E-state index in [1.165, 1.54) is 4.90 Å². The average Bonchev–Trinajstić information content (AvgIpc) is 2.14. The Kier molecular flexibility index (Phi) is 4.41. The van der Waals surface area contributed by atoms with Crippen molar-refractivity contribution in [2.24, 2.45) is 0 Å². The summed E-state index contributed by atoms with van der Waals surface area (Å²) in [6.45, 7) is 1.70. The van der Waals surface area contributed by atoms with Crippen LogP contribution in [0.5, 0.6) is 0 Å². The third-order valence-corrected chi connectivity index (χ3v) is 2.14. The number of rotatable bonds is 3. The standard InChI is InChI=1S/C11H12OS/c1-10(12)6-5-9-13-11-7-3-2-4-8-11/h2-4,6-10,12H,1H3. The van der Waals surface area contributed by atoms with Crippen LogP contribution in [0.15, 0.2) is 52.4 Å². The second-order valence-corrected chi connectivity index (χ2v) is 3.57. The van der Waals surface area contributed by atoms with Gasteiger partial charge >= 0.3 is 0 Å². The van der Waals surface area contributed by atoms with Crippen molar-refractivity contribution in [2.75, 3.05) is 0 Å². The van der Waals surface area contributed by atoms with Gasteiger partial charge in [-0.25, -0.2) is 0 Å². The summed E-state index contributed by atoms with van der Waals surface area (Å²) in [6.07, 6.45) is 1.20. The number of thioether (sulfide) groups is 1. The van der Waals surface area contributed by atoms with Crippen LogP contribution >= 0.6 is 11.8 Å². The highest BCUT2D eigenvalue weighted by Crippen LogP contribution is 2.17. The van der Waals surface area contributed by atoms with Gasteiger partial charge in [-0.15, -0.1) is 5.73 Å². The minimum Gasteiger partial charge on any atom is -0.389 e. The second kappa shape index (κ2) is 5.65. The maximum absolute atomic E-state index is 8.90. The van der Waals surface area contributed by atoms with E-state index < -0.39 is 6.10 Å². The third-order valence-electron chi connectivity index (χ3n) is 1.34. The Hall–Kier alpha value is -0.950. The van der Waals surface area contributed by atoms with Gasteiger partial charge in [-0.05, 0) is 25.1 Å². The van der Waals surface area contributed by atoms with Gasteiger partial charge in [0.05, 0.1) is 6.10 Å². The van der Waals surface area contributed by atoms with Crippen molar-refractivity contribution in [1.82, 2.24) is 0 Å². The van der Waals surface area contributed by atoms with Gasteiger partial charge in [-0.1, -0.05) is 30.0 Å². The molecule has 1 aromatic rings. The van der Waals surface area contributed by atoms with E-state index >= 15 is 0 Å². The highest BCUT2D eigenvalue weighted by Gasteiger charge is 1.85. The van der Waals surface area contributed by atoms with Crippen LogP contribution in [-0.4, -0.2) is 11.2 Å². The zero-order valence-corrected chi connectivity index (χ0v) is 8.29. The van der Waals surface area contributed by atoms with Crippen molar-refractivity contribution in [3.05, 3.63) is 47.5 Å². The highest BCUT2D eigenvalue weighted by atomic mass is 32.2. The second-order valence-electron chi connectivity index (χ2n) is 2.62. The molecule has 0 aromatic heterocycles. The summed E-state index contributed by atoms with van der Waals surface area (Å²) >= 11 is 1.58. The molecule has 0 aliphatic carbocycles. The molecule has 0 saturated heterocycles. The number of benzene rings is 1. The lowest BCUT2D eigenvalue weighted by Crippen LogP contribution is -1.89. The summed E-state index contributed by atoms with van der Waals surface area (Å²) in [6, 6.07) is 10.0. The molecule has 1 nitrogen and oxygen atoms in total. The number of hydrogen-bond acceptors (Lipinski definition) is 2. The van der Waals surface area contributed by atoms with Crippen LogP contribution in [0.4, 0.5) is 0 Å². The van der Waals surface area contributed by atoms with Gasteiger partial charge in [0.15, 0.2) is 0 Å². The maximum atomic E-state index is 8.90. The average molecular weight is 192 g/mol. The van der Waals surface area contributed by atoms with E-state index in [-0.39, 0.29) is 0 Å².